The Morgan fingerprint density at radius 1 is 1.33 bits per heavy atom. The Morgan fingerprint density at radius 2 is 1.89 bits per heavy atom. The van der Waals surface area contributed by atoms with Crippen molar-refractivity contribution in [1.29, 1.82) is 0 Å². The van der Waals surface area contributed by atoms with Crippen molar-refractivity contribution in [1.82, 2.24) is 0 Å². The maximum Gasteiger partial charge on any atom is 1.00 e. The van der Waals surface area contributed by atoms with E-state index < -0.39 is 0 Å². The summed E-state index contributed by atoms with van der Waals surface area (Å²) in [5.74, 6) is 0.444. The summed E-state index contributed by atoms with van der Waals surface area (Å²) >= 11 is 0. The smallest absolute Gasteiger partial charge is 0.854 e. The molecule has 0 aliphatic carbocycles. The SMILES string of the molecule is CCCC(CC)C[O-].[K+]. The largest absolute Gasteiger partial charge is 1.00 e. The second kappa shape index (κ2) is 9.60. The van der Waals surface area contributed by atoms with Crippen LogP contribution in [0.15, 0.2) is 0 Å². The second-order valence-electron chi connectivity index (χ2n) is 2.23. The predicted octanol–water partition coefficient (Wildman–Crippen LogP) is -1.82. The maximum atomic E-state index is 10.3. The Morgan fingerprint density at radius 3 is 2.00 bits per heavy atom. The van der Waals surface area contributed by atoms with Gasteiger partial charge < -0.3 is 5.11 Å². The summed E-state index contributed by atoms with van der Waals surface area (Å²) < 4.78 is 0. The van der Waals surface area contributed by atoms with Crippen molar-refractivity contribution in [2.45, 2.75) is 33.1 Å². The Hall–Kier alpha value is 1.60. The fourth-order valence-electron chi connectivity index (χ4n) is 0.814. The molecular formula is C7H15KO. The van der Waals surface area contributed by atoms with Crippen LogP contribution in [0.1, 0.15) is 33.1 Å². The molecule has 0 saturated heterocycles. The molecule has 1 atom stereocenters. The minimum absolute atomic E-state index is 0. The normalized spacial score (nSPS) is 12.3. The first-order chi connectivity index (χ1) is 3.85. The van der Waals surface area contributed by atoms with Crippen LogP contribution in [0.3, 0.4) is 0 Å². The first-order valence-electron chi connectivity index (χ1n) is 3.43. The third-order valence-electron chi connectivity index (χ3n) is 1.51. The fraction of sp³-hybridized carbons (Fsp3) is 1.00. The topological polar surface area (TPSA) is 23.1 Å². The van der Waals surface area contributed by atoms with Gasteiger partial charge in [0, 0.05) is 0 Å². The molecule has 0 rings (SSSR count). The molecule has 0 bridgehead atoms. The first-order valence-corrected chi connectivity index (χ1v) is 3.43. The summed E-state index contributed by atoms with van der Waals surface area (Å²) in [6.07, 6.45) is 3.32. The molecular weight excluding hydrogens is 139 g/mol. The molecule has 2 heteroatoms. The predicted molar refractivity (Wildman–Crippen MR) is 33.6 cm³/mol. The van der Waals surface area contributed by atoms with Gasteiger partial charge in [0.15, 0.2) is 0 Å². The zero-order valence-corrected chi connectivity index (χ0v) is 9.94. The van der Waals surface area contributed by atoms with Crippen molar-refractivity contribution in [3.63, 3.8) is 0 Å². The molecule has 0 saturated carbocycles. The summed E-state index contributed by atoms with van der Waals surface area (Å²) in [5.41, 5.74) is 0. The molecule has 0 heterocycles. The molecule has 0 aromatic heterocycles. The van der Waals surface area contributed by atoms with E-state index in [0.717, 1.165) is 19.3 Å². The van der Waals surface area contributed by atoms with Crippen LogP contribution >= 0.6 is 0 Å². The third-order valence-corrected chi connectivity index (χ3v) is 1.51. The average Bonchev–Trinajstić information content (AvgIpc) is 1.83. The van der Waals surface area contributed by atoms with Crippen LogP contribution in [0.5, 0.6) is 0 Å². The van der Waals surface area contributed by atoms with E-state index in [1.165, 1.54) is 0 Å². The second-order valence-corrected chi connectivity index (χ2v) is 2.23. The van der Waals surface area contributed by atoms with Crippen LogP contribution in [-0.2, 0) is 0 Å². The monoisotopic (exact) mass is 154 g/mol. The van der Waals surface area contributed by atoms with Gasteiger partial charge in [0.1, 0.15) is 0 Å². The molecule has 9 heavy (non-hydrogen) atoms. The van der Waals surface area contributed by atoms with E-state index in [4.69, 9.17) is 0 Å². The van der Waals surface area contributed by atoms with Gasteiger partial charge in [0.25, 0.3) is 0 Å². The molecule has 1 unspecified atom stereocenters. The van der Waals surface area contributed by atoms with Crippen LogP contribution in [0.2, 0.25) is 0 Å². The first kappa shape index (κ1) is 13.2. The summed E-state index contributed by atoms with van der Waals surface area (Å²) in [6, 6.07) is 0. The Balaban J connectivity index is 0. The van der Waals surface area contributed by atoms with E-state index in [2.05, 4.69) is 13.8 Å². The van der Waals surface area contributed by atoms with E-state index in [1.54, 1.807) is 0 Å². The van der Waals surface area contributed by atoms with Crippen molar-refractivity contribution < 1.29 is 56.5 Å². The fourth-order valence-corrected chi connectivity index (χ4v) is 0.814. The molecule has 1 nitrogen and oxygen atoms in total. The molecule has 0 amide bonds. The van der Waals surface area contributed by atoms with E-state index in [1.807, 2.05) is 0 Å². The van der Waals surface area contributed by atoms with Crippen molar-refractivity contribution >= 4 is 0 Å². The van der Waals surface area contributed by atoms with Gasteiger partial charge in [-0.1, -0.05) is 39.0 Å². The Labute approximate surface area is 101 Å². The molecule has 0 aromatic carbocycles. The molecule has 0 aliphatic rings. The van der Waals surface area contributed by atoms with Crippen molar-refractivity contribution in [3.8, 4) is 0 Å². The van der Waals surface area contributed by atoms with Gasteiger partial charge in [-0.15, -0.1) is 6.61 Å². The van der Waals surface area contributed by atoms with Gasteiger partial charge >= 0.3 is 51.4 Å². The standard InChI is InChI=1S/C7H15O.K/c1-3-5-7(4-2)6-8;/h7H,3-6H2,1-2H3;/q-1;+1. The van der Waals surface area contributed by atoms with Gasteiger partial charge in [-0.2, -0.15) is 0 Å². The zero-order chi connectivity index (χ0) is 6.41. The molecule has 50 valence electrons. The summed E-state index contributed by atoms with van der Waals surface area (Å²) in [5, 5.41) is 10.3. The van der Waals surface area contributed by atoms with Gasteiger partial charge in [0.05, 0.1) is 0 Å². The zero-order valence-electron chi connectivity index (χ0n) is 6.81. The van der Waals surface area contributed by atoms with Crippen molar-refractivity contribution in [3.05, 3.63) is 0 Å². The van der Waals surface area contributed by atoms with Crippen LogP contribution in [0, 0.1) is 5.92 Å². The van der Waals surface area contributed by atoms with Crippen LogP contribution in [0.4, 0.5) is 0 Å². The van der Waals surface area contributed by atoms with Gasteiger partial charge in [-0.3, -0.25) is 0 Å². The number of hydrogen-bond acceptors (Lipinski definition) is 1. The summed E-state index contributed by atoms with van der Waals surface area (Å²) in [4.78, 5) is 0. The number of hydrogen-bond donors (Lipinski definition) is 0. The Bertz CT molecular complexity index is 44.2. The molecule has 0 spiro atoms. The van der Waals surface area contributed by atoms with Crippen LogP contribution < -0.4 is 56.5 Å². The molecule has 0 fully saturated rings. The minimum atomic E-state index is 0. The van der Waals surface area contributed by atoms with Crippen LogP contribution in [0.25, 0.3) is 0 Å². The average molecular weight is 154 g/mol. The molecule has 0 radical (unpaired) electrons. The van der Waals surface area contributed by atoms with Crippen molar-refractivity contribution in [2.24, 2.45) is 5.92 Å². The third kappa shape index (κ3) is 7.49. The maximum absolute atomic E-state index is 10.3. The molecule has 0 aromatic rings. The molecule has 0 aliphatic heterocycles. The number of rotatable bonds is 4. The Kier molecular flexibility index (Phi) is 14.1. The van der Waals surface area contributed by atoms with E-state index in [9.17, 15) is 5.11 Å². The van der Waals surface area contributed by atoms with Gasteiger partial charge in [-0.25, -0.2) is 0 Å². The van der Waals surface area contributed by atoms with E-state index >= 15 is 0 Å². The van der Waals surface area contributed by atoms with E-state index in [-0.39, 0.29) is 58.0 Å². The summed E-state index contributed by atoms with van der Waals surface area (Å²) in [6.45, 7) is 4.32. The summed E-state index contributed by atoms with van der Waals surface area (Å²) in [7, 11) is 0. The van der Waals surface area contributed by atoms with Gasteiger partial charge in [-0.05, 0) is 0 Å². The van der Waals surface area contributed by atoms with E-state index in [0.29, 0.717) is 5.92 Å². The van der Waals surface area contributed by atoms with Crippen molar-refractivity contribution in [2.75, 3.05) is 6.61 Å². The van der Waals surface area contributed by atoms with Crippen LogP contribution in [-0.4, -0.2) is 6.61 Å². The van der Waals surface area contributed by atoms with Gasteiger partial charge in [0.2, 0.25) is 0 Å². The molecule has 0 N–H and O–H groups in total. The minimum Gasteiger partial charge on any atom is -0.854 e. The quantitative estimate of drug-likeness (QED) is 0.437.